The Hall–Kier alpha value is -2.10. The Morgan fingerprint density at radius 1 is 1.24 bits per heavy atom. The van der Waals surface area contributed by atoms with Gasteiger partial charge in [-0.3, -0.25) is 0 Å². The second-order valence-corrected chi connectivity index (χ2v) is 3.82. The van der Waals surface area contributed by atoms with Crippen LogP contribution in [-0.4, -0.2) is 9.97 Å². The van der Waals surface area contributed by atoms with Crippen LogP contribution >= 0.6 is 0 Å². The number of nitrogen functional groups attached to an aromatic ring is 1. The highest BCUT2D eigenvalue weighted by molar-refractivity contribution is 5.37. The van der Waals surface area contributed by atoms with Crippen molar-refractivity contribution in [3.05, 3.63) is 48.2 Å². The second-order valence-electron chi connectivity index (χ2n) is 3.82. The molecule has 4 nitrogen and oxygen atoms in total. The maximum Gasteiger partial charge on any atom is 0.225 e. The van der Waals surface area contributed by atoms with E-state index >= 15 is 0 Å². The van der Waals surface area contributed by atoms with Gasteiger partial charge in [0.2, 0.25) is 5.95 Å². The van der Waals surface area contributed by atoms with Crippen LogP contribution in [0.5, 0.6) is 0 Å². The third kappa shape index (κ3) is 2.93. The van der Waals surface area contributed by atoms with Gasteiger partial charge in [0.25, 0.3) is 0 Å². The fraction of sp³-hybridized carbons (Fsp3) is 0.231. The Labute approximate surface area is 101 Å². The molecule has 1 atom stereocenters. The Balaban J connectivity index is 2.16. The molecule has 0 saturated carbocycles. The third-order valence-electron chi connectivity index (χ3n) is 2.59. The number of benzene rings is 1. The number of hydrogen-bond donors (Lipinski definition) is 2. The number of hydrogen-bond acceptors (Lipinski definition) is 4. The van der Waals surface area contributed by atoms with E-state index in [0.29, 0.717) is 11.8 Å². The topological polar surface area (TPSA) is 63.8 Å². The van der Waals surface area contributed by atoms with Crippen LogP contribution in [0.4, 0.5) is 11.8 Å². The summed E-state index contributed by atoms with van der Waals surface area (Å²) in [5, 5.41) is 3.28. The summed E-state index contributed by atoms with van der Waals surface area (Å²) in [5.41, 5.74) is 6.85. The number of nitrogens with one attached hydrogen (secondary N) is 1. The van der Waals surface area contributed by atoms with Gasteiger partial charge in [-0.15, -0.1) is 0 Å². The normalized spacial score (nSPS) is 12.1. The molecule has 0 fully saturated rings. The minimum absolute atomic E-state index is 0.206. The van der Waals surface area contributed by atoms with Crippen molar-refractivity contribution in [1.29, 1.82) is 0 Å². The molecule has 0 amide bonds. The van der Waals surface area contributed by atoms with Gasteiger partial charge in [0.1, 0.15) is 5.82 Å². The van der Waals surface area contributed by atoms with Crippen LogP contribution in [0.25, 0.3) is 0 Å². The predicted molar refractivity (Wildman–Crippen MR) is 69.5 cm³/mol. The molecule has 2 rings (SSSR count). The van der Waals surface area contributed by atoms with Gasteiger partial charge in [-0.2, -0.15) is 4.98 Å². The average Bonchev–Trinajstić information content (AvgIpc) is 2.37. The molecule has 1 aromatic heterocycles. The van der Waals surface area contributed by atoms with Gasteiger partial charge in [0.15, 0.2) is 0 Å². The second kappa shape index (κ2) is 5.30. The largest absolute Gasteiger partial charge is 0.384 e. The van der Waals surface area contributed by atoms with E-state index in [-0.39, 0.29) is 6.04 Å². The Kier molecular flexibility index (Phi) is 3.55. The molecule has 0 saturated heterocycles. The summed E-state index contributed by atoms with van der Waals surface area (Å²) < 4.78 is 0. The number of nitrogens with zero attached hydrogens (tertiary/aromatic N) is 2. The standard InChI is InChI=1S/C13H16N4/c1-2-11(10-6-4-3-5-7-10)16-13-15-9-8-12(14)17-13/h3-9,11H,2H2,1H3,(H3,14,15,16,17). The zero-order valence-electron chi connectivity index (χ0n) is 9.80. The molecule has 0 aliphatic carbocycles. The first-order valence-corrected chi connectivity index (χ1v) is 5.69. The quantitative estimate of drug-likeness (QED) is 0.844. The van der Waals surface area contributed by atoms with Crippen molar-refractivity contribution < 1.29 is 0 Å². The third-order valence-corrected chi connectivity index (χ3v) is 2.59. The van der Waals surface area contributed by atoms with Crippen molar-refractivity contribution in [2.24, 2.45) is 0 Å². The van der Waals surface area contributed by atoms with E-state index in [1.54, 1.807) is 12.3 Å². The highest BCUT2D eigenvalue weighted by Gasteiger charge is 2.09. The highest BCUT2D eigenvalue weighted by Crippen LogP contribution is 2.20. The van der Waals surface area contributed by atoms with Crippen molar-refractivity contribution in [1.82, 2.24) is 9.97 Å². The minimum Gasteiger partial charge on any atom is -0.384 e. The lowest BCUT2D eigenvalue weighted by atomic mass is 10.1. The van der Waals surface area contributed by atoms with Gasteiger partial charge in [-0.05, 0) is 18.1 Å². The predicted octanol–water partition coefficient (Wildman–Crippen LogP) is 2.62. The number of rotatable bonds is 4. The van der Waals surface area contributed by atoms with E-state index < -0.39 is 0 Å². The summed E-state index contributed by atoms with van der Waals surface area (Å²) in [5.74, 6) is 1.05. The molecule has 3 N–H and O–H groups in total. The zero-order valence-corrected chi connectivity index (χ0v) is 9.80. The van der Waals surface area contributed by atoms with Gasteiger partial charge >= 0.3 is 0 Å². The minimum atomic E-state index is 0.206. The van der Waals surface area contributed by atoms with Crippen LogP contribution in [0.3, 0.4) is 0 Å². The maximum atomic E-state index is 5.62. The van der Waals surface area contributed by atoms with E-state index in [4.69, 9.17) is 5.73 Å². The van der Waals surface area contributed by atoms with E-state index in [0.717, 1.165) is 6.42 Å². The van der Waals surface area contributed by atoms with Gasteiger partial charge in [0, 0.05) is 6.20 Å². The van der Waals surface area contributed by atoms with Crippen LogP contribution in [0.1, 0.15) is 24.9 Å². The lowest BCUT2D eigenvalue weighted by Crippen LogP contribution is -2.12. The molecule has 2 aromatic rings. The molecule has 1 aromatic carbocycles. The summed E-state index contributed by atoms with van der Waals surface area (Å²) in [4.78, 5) is 8.29. The van der Waals surface area contributed by atoms with E-state index in [9.17, 15) is 0 Å². The van der Waals surface area contributed by atoms with Gasteiger partial charge in [-0.25, -0.2) is 4.98 Å². The first kappa shape index (κ1) is 11.4. The van der Waals surface area contributed by atoms with Crippen molar-refractivity contribution in [2.45, 2.75) is 19.4 Å². The molecular weight excluding hydrogens is 212 g/mol. The monoisotopic (exact) mass is 228 g/mol. The van der Waals surface area contributed by atoms with Crippen LogP contribution < -0.4 is 11.1 Å². The lowest BCUT2D eigenvalue weighted by Gasteiger charge is -2.17. The van der Waals surface area contributed by atoms with Crippen molar-refractivity contribution in [3.63, 3.8) is 0 Å². The molecule has 0 aliphatic rings. The summed E-state index contributed by atoms with van der Waals surface area (Å²) in [6, 6.07) is 12.1. The average molecular weight is 228 g/mol. The molecule has 17 heavy (non-hydrogen) atoms. The molecular formula is C13H16N4. The first-order chi connectivity index (χ1) is 8.29. The van der Waals surface area contributed by atoms with Crippen LogP contribution in [0, 0.1) is 0 Å². The SMILES string of the molecule is CCC(Nc1nccc(N)n1)c1ccccc1. The van der Waals surface area contributed by atoms with E-state index in [2.05, 4.69) is 34.3 Å². The van der Waals surface area contributed by atoms with Gasteiger partial charge in [0.05, 0.1) is 6.04 Å². The van der Waals surface area contributed by atoms with Gasteiger partial charge < -0.3 is 11.1 Å². The number of aromatic nitrogens is 2. The fourth-order valence-corrected chi connectivity index (χ4v) is 1.70. The van der Waals surface area contributed by atoms with Gasteiger partial charge in [-0.1, -0.05) is 37.3 Å². The Morgan fingerprint density at radius 2 is 2.00 bits per heavy atom. The van der Waals surface area contributed by atoms with Crippen molar-refractivity contribution >= 4 is 11.8 Å². The molecule has 1 unspecified atom stereocenters. The van der Waals surface area contributed by atoms with Crippen molar-refractivity contribution in [3.8, 4) is 0 Å². The van der Waals surface area contributed by atoms with E-state index in [1.807, 2.05) is 18.2 Å². The number of nitrogens with two attached hydrogens (primary N) is 1. The molecule has 4 heteroatoms. The molecule has 88 valence electrons. The fourth-order valence-electron chi connectivity index (χ4n) is 1.70. The van der Waals surface area contributed by atoms with Crippen LogP contribution in [-0.2, 0) is 0 Å². The highest BCUT2D eigenvalue weighted by atomic mass is 15.1. The molecule has 0 spiro atoms. The summed E-state index contributed by atoms with van der Waals surface area (Å²) >= 11 is 0. The smallest absolute Gasteiger partial charge is 0.225 e. The maximum absolute atomic E-state index is 5.62. The molecule has 0 bridgehead atoms. The zero-order chi connectivity index (χ0) is 12.1. The molecule has 0 radical (unpaired) electrons. The Bertz CT molecular complexity index is 470. The lowest BCUT2D eigenvalue weighted by molar-refractivity contribution is 0.738. The van der Waals surface area contributed by atoms with Crippen molar-refractivity contribution in [2.75, 3.05) is 11.1 Å². The van der Waals surface area contributed by atoms with Crippen LogP contribution in [0.15, 0.2) is 42.6 Å². The molecule has 0 aliphatic heterocycles. The van der Waals surface area contributed by atoms with Crippen LogP contribution in [0.2, 0.25) is 0 Å². The summed E-state index contributed by atoms with van der Waals surface area (Å²) in [6.45, 7) is 2.12. The Morgan fingerprint density at radius 3 is 2.65 bits per heavy atom. The summed E-state index contributed by atoms with van der Waals surface area (Å²) in [6.07, 6.45) is 2.62. The molecule has 1 heterocycles. The summed E-state index contributed by atoms with van der Waals surface area (Å²) in [7, 11) is 0. The van der Waals surface area contributed by atoms with E-state index in [1.165, 1.54) is 5.56 Å². The number of anilines is 2. The first-order valence-electron chi connectivity index (χ1n) is 5.69.